The summed E-state index contributed by atoms with van der Waals surface area (Å²) in [6, 6.07) is 16.9. The van der Waals surface area contributed by atoms with Crippen LogP contribution in [0.15, 0.2) is 59.4 Å². The smallest absolute Gasteiger partial charge is 0.313 e. The minimum Gasteiger partial charge on any atom is -0.466 e. The van der Waals surface area contributed by atoms with Crippen molar-refractivity contribution in [3.05, 3.63) is 76.2 Å². The van der Waals surface area contributed by atoms with Crippen molar-refractivity contribution in [1.82, 2.24) is 15.1 Å². The Balaban J connectivity index is 1.63. The average molecular weight is 434 g/mol. The molecule has 7 heteroatoms. The number of piperidine rings is 1. The van der Waals surface area contributed by atoms with Crippen molar-refractivity contribution in [2.24, 2.45) is 5.41 Å². The van der Waals surface area contributed by atoms with E-state index in [1.165, 1.54) is 0 Å². The van der Waals surface area contributed by atoms with E-state index in [0.29, 0.717) is 43.2 Å². The zero-order valence-electron chi connectivity index (χ0n) is 18.2. The van der Waals surface area contributed by atoms with E-state index in [4.69, 9.17) is 4.74 Å². The Hall–Kier alpha value is -3.48. The van der Waals surface area contributed by atoms with Gasteiger partial charge in [0.25, 0.3) is 11.5 Å². The zero-order valence-corrected chi connectivity index (χ0v) is 18.2. The number of aryl methyl sites for hydroxylation is 1. The monoisotopic (exact) mass is 433 g/mol. The van der Waals surface area contributed by atoms with Crippen LogP contribution in [0.1, 0.15) is 42.2 Å². The van der Waals surface area contributed by atoms with Gasteiger partial charge in [-0.15, -0.1) is 0 Å². The van der Waals surface area contributed by atoms with Crippen molar-refractivity contribution >= 4 is 22.6 Å². The van der Waals surface area contributed by atoms with Crippen molar-refractivity contribution in [2.45, 2.75) is 32.6 Å². The molecule has 1 aromatic heterocycles. The van der Waals surface area contributed by atoms with Gasteiger partial charge in [0.2, 0.25) is 0 Å². The van der Waals surface area contributed by atoms with Gasteiger partial charge in [-0.25, -0.2) is 5.10 Å². The molecular formula is C25H27N3O4. The normalized spacial score (nSPS) is 18.5. The first kappa shape index (κ1) is 21.7. The van der Waals surface area contributed by atoms with Crippen LogP contribution in [0, 0.1) is 5.41 Å². The van der Waals surface area contributed by atoms with Gasteiger partial charge in [-0.05, 0) is 44.2 Å². The molecule has 0 unspecified atom stereocenters. The van der Waals surface area contributed by atoms with Crippen molar-refractivity contribution in [3.8, 4) is 0 Å². The minimum atomic E-state index is -0.766. The topological polar surface area (TPSA) is 92.4 Å². The van der Waals surface area contributed by atoms with Gasteiger partial charge in [-0.3, -0.25) is 14.4 Å². The molecule has 0 aliphatic carbocycles. The lowest BCUT2D eigenvalue weighted by Crippen LogP contribution is -2.51. The van der Waals surface area contributed by atoms with Crippen LogP contribution in [-0.2, 0) is 16.0 Å². The number of fused-ring (bicyclic) bond motifs is 1. The number of nitrogens with one attached hydrogen (secondary N) is 1. The quantitative estimate of drug-likeness (QED) is 0.602. The van der Waals surface area contributed by atoms with Crippen LogP contribution in [-0.4, -0.2) is 46.7 Å². The zero-order chi connectivity index (χ0) is 22.6. The Kier molecular flexibility index (Phi) is 6.35. The highest BCUT2D eigenvalue weighted by Gasteiger charge is 2.44. The second kappa shape index (κ2) is 9.34. The molecule has 7 nitrogen and oxygen atoms in total. The molecule has 1 fully saturated rings. The number of nitrogens with zero attached hydrogens (tertiary/aromatic N) is 2. The van der Waals surface area contributed by atoms with E-state index in [1.807, 2.05) is 30.3 Å². The summed E-state index contributed by atoms with van der Waals surface area (Å²) >= 11 is 0. The molecule has 1 N–H and O–H groups in total. The number of benzene rings is 2. The molecular weight excluding hydrogens is 406 g/mol. The largest absolute Gasteiger partial charge is 0.466 e. The summed E-state index contributed by atoms with van der Waals surface area (Å²) in [5.74, 6) is -0.543. The third-order valence-corrected chi connectivity index (χ3v) is 6.21. The molecule has 1 aliphatic heterocycles. The van der Waals surface area contributed by atoms with Crippen LogP contribution in [0.2, 0.25) is 0 Å². The SMILES string of the molecule is CCOC(=O)[C@]1(CCc2ccccc2)CCCN(C(=O)c2n[nH]c(=O)c3ccccc23)C1. The van der Waals surface area contributed by atoms with Gasteiger partial charge >= 0.3 is 5.97 Å². The van der Waals surface area contributed by atoms with Crippen LogP contribution in [0.5, 0.6) is 0 Å². The standard InChI is InChI=1S/C25H27N3O4/c1-2-32-24(31)25(15-13-18-9-4-3-5-10-18)14-8-16-28(17-25)23(30)21-19-11-6-7-12-20(19)22(29)27-26-21/h3-7,9-12H,2,8,13-17H2,1H3,(H,27,29)/t25-/m0/s1. The maximum absolute atomic E-state index is 13.5. The molecule has 3 aromatic rings. The summed E-state index contributed by atoms with van der Waals surface area (Å²) in [6.07, 6.45) is 2.68. The second-order valence-corrected chi connectivity index (χ2v) is 8.26. The molecule has 1 aliphatic rings. The van der Waals surface area contributed by atoms with E-state index in [9.17, 15) is 14.4 Å². The Morgan fingerprint density at radius 3 is 2.56 bits per heavy atom. The highest BCUT2D eigenvalue weighted by atomic mass is 16.5. The summed E-state index contributed by atoms with van der Waals surface area (Å²) in [4.78, 5) is 40.3. The first-order valence-electron chi connectivity index (χ1n) is 11.0. The fraction of sp³-hybridized carbons (Fsp3) is 0.360. The predicted octanol–water partition coefficient (Wildman–Crippen LogP) is 3.34. The lowest BCUT2D eigenvalue weighted by molar-refractivity contribution is -0.159. The van der Waals surface area contributed by atoms with E-state index in [-0.39, 0.29) is 29.7 Å². The Morgan fingerprint density at radius 1 is 1.09 bits per heavy atom. The molecule has 32 heavy (non-hydrogen) atoms. The van der Waals surface area contributed by atoms with Gasteiger partial charge in [-0.1, -0.05) is 48.5 Å². The van der Waals surface area contributed by atoms with Gasteiger partial charge < -0.3 is 9.64 Å². The fourth-order valence-electron chi connectivity index (χ4n) is 4.52. The summed E-state index contributed by atoms with van der Waals surface area (Å²) in [5.41, 5.74) is 0.243. The van der Waals surface area contributed by atoms with E-state index in [1.54, 1.807) is 36.1 Å². The molecule has 1 amide bonds. The van der Waals surface area contributed by atoms with Crippen LogP contribution in [0.4, 0.5) is 0 Å². The van der Waals surface area contributed by atoms with Gasteiger partial charge in [0.05, 0.1) is 17.4 Å². The maximum Gasteiger partial charge on any atom is 0.313 e. The van der Waals surface area contributed by atoms with Gasteiger partial charge in [0.1, 0.15) is 0 Å². The number of carbonyl (C=O) groups is 2. The number of H-pyrrole nitrogens is 1. The molecule has 0 radical (unpaired) electrons. The number of ether oxygens (including phenoxy) is 1. The van der Waals surface area contributed by atoms with E-state index < -0.39 is 5.41 Å². The van der Waals surface area contributed by atoms with Crippen molar-refractivity contribution in [2.75, 3.05) is 19.7 Å². The van der Waals surface area contributed by atoms with Crippen molar-refractivity contribution < 1.29 is 14.3 Å². The number of esters is 1. The molecule has 2 heterocycles. The van der Waals surface area contributed by atoms with E-state index >= 15 is 0 Å². The van der Waals surface area contributed by atoms with Crippen LogP contribution >= 0.6 is 0 Å². The molecule has 0 saturated carbocycles. The van der Waals surface area contributed by atoms with E-state index in [2.05, 4.69) is 10.2 Å². The number of aromatic nitrogens is 2. The number of hydrogen-bond acceptors (Lipinski definition) is 5. The lowest BCUT2D eigenvalue weighted by Gasteiger charge is -2.41. The Bertz CT molecular complexity index is 1170. The predicted molar refractivity (Wildman–Crippen MR) is 121 cm³/mol. The summed E-state index contributed by atoms with van der Waals surface area (Å²) < 4.78 is 5.45. The van der Waals surface area contributed by atoms with Gasteiger partial charge in [0.15, 0.2) is 5.69 Å². The van der Waals surface area contributed by atoms with Crippen LogP contribution in [0.3, 0.4) is 0 Å². The van der Waals surface area contributed by atoms with Gasteiger partial charge in [-0.2, -0.15) is 5.10 Å². The van der Waals surface area contributed by atoms with Gasteiger partial charge in [0, 0.05) is 18.5 Å². The first-order chi connectivity index (χ1) is 15.5. The first-order valence-corrected chi connectivity index (χ1v) is 11.0. The molecule has 0 spiro atoms. The number of likely N-dealkylation sites (tertiary alicyclic amines) is 1. The lowest BCUT2D eigenvalue weighted by atomic mass is 9.75. The minimum absolute atomic E-state index is 0.197. The summed E-state index contributed by atoms with van der Waals surface area (Å²) in [6.45, 7) is 2.89. The number of amides is 1. The van der Waals surface area contributed by atoms with Crippen LogP contribution < -0.4 is 5.56 Å². The Labute approximate surface area is 186 Å². The van der Waals surface area contributed by atoms with Crippen molar-refractivity contribution in [1.29, 1.82) is 0 Å². The third kappa shape index (κ3) is 4.28. The number of aromatic amines is 1. The molecule has 2 aromatic carbocycles. The molecule has 1 saturated heterocycles. The average Bonchev–Trinajstić information content (AvgIpc) is 2.84. The molecule has 1 atom stereocenters. The second-order valence-electron chi connectivity index (χ2n) is 8.26. The number of carbonyl (C=O) groups excluding carboxylic acids is 2. The molecule has 0 bridgehead atoms. The molecule has 4 rings (SSSR count). The summed E-state index contributed by atoms with van der Waals surface area (Å²) in [7, 11) is 0. The Morgan fingerprint density at radius 2 is 1.81 bits per heavy atom. The number of rotatable bonds is 6. The number of hydrogen-bond donors (Lipinski definition) is 1. The van der Waals surface area contributed by atoms with E-state index in [0.717, 1.165) is 12.0 Å². The molecule has 166 valence electrons. The highest BCUT2D eigenvalue weighted by molar-refractivity contribution is 6.04. The maximum atomic E-state index is 13.5. The third-order valence-electron chi connectivity index (χ3n) is 6.21. The highest BCUT2D eigenvalue weighted by Crippen LogP contribution is 2.37. The fourth-order valence-corrected chi connectivity index (χ4v) is 4.52. The van der Waals surface area contributed by atoms with Crippen LogP contribution in [0.25, 0.3) is 10.8 Å². The summed E-state index contributed by atoms with van der Waals surface area (Å²) in [5, 5.41) is 7.42. The van der Waals surface area contributed by atoms with Crippen molar-refractivity contribution in [3.63, 3.8) is 0 Å².